The quantitative estimate of drug-likeness (QED) is 0.814. The van der Waals surface area contributed by atoms with Crippen LogP contribution in [0.15, 0.2) is 30.7 Å². The third-order valence-corrected chi connectivity index (χ3v) is 2.89. The van der Waals surface area contributed by atoms with E-state index in [4.69, 9.17) is 0 Å². The van der Waals surface area contributed by atoms with Gasteiger partial charge in [0.1, 0.15) is 11.6 Å². The van der Waals surface area contributed by atoms with E-state index in [-0.39, 0.29) is 0 Å². The Bertz CT molecular complexity index is 537. The van der Waals surface area contributed by atoms with Crippen LogP contribution in [-0.4, -0.2) is 16.1 Å². The Morgan fingerprint density at radius 1 is 1.32 bits per heavy atom. The second-order valence-corrected chi connectivity index (χ2v) is 4.43. The normalized spacial score (nSPS) is 10.9. The van der Waals surface area contributed by atoms with E-state index in [2.05, 4.69) is 17.2 Å². The molecule has 19 heavy (non-hydrogen) atoms. The molecule has 0 aliphatic rings. The lowest BCUT2D eigenvalue weighted by Gasteiger charge is -2.09. The first-order chi connectivity index (χ1) is 9.20. The van der Waals surface area contributed by atoms with Crippen molar-refractivity contribution in [2.24, 2.45) is 0 Å². The van der Waals surface area contributed by atoms with Crippen LogP contribution in [0.2, 0.25) is 0 Å². The number of benzene rings is 1. The molecule has 0 atom stereocenters. The summed E-state index contributed by atoms with van der Waals surface area (Å²) in [5, 5.41) is 3.27. The molecule has 0 spiro atoms. The zero-order chi connectivity index (χ0) is 13.7. The lowest BCUT2D eigenvalue weighted by atomic mass is 10.2. The summed E-state index contributed by atoms with van der Waals surface area (Å²) in [6.45, 7) is 4.07. The second-order valence-electron chi connectivity index (χ2n) is 4.43. The predicted octanol–water partition coefficient (Wildman–Crippen LogP) is 2.71. The molecular weight excluding hydrogens is 248 g/mol. The number of hydrogen-bond donors (Lipinski definition) is 1. The highest BCUT2D eigenvalue weighted by molar-refractivity contribution is 5.19. The summed E-state index contributed by atoms with van der Waals surface area (Å²) in [7, 11) is 0. The first kappa shape index (κ1) is 13.7. The second kappa shape index (κ2) is 6.43. The molecule has 5 heteroatoms. The molecule has 0 amide bonds. The molecule has 0 saturated heterocycles. The molecule has 102 valence electrons. The van der Waals surface area contributed by atoms with Gasteiger partial charge in [0.2, 0.25) is 0 Å². The first-order valence-electron chi connectivity index (χ1n) is 6.34. The van der Waals surface area contributed by atoms with Crippen molar-refractivity contribution in [1.82, 2.24) is 14.9 Å². The minimum Gasteiger partial charge on any atom is -0.329 e. The minimum absolute atomic E-state index is 0.356. The molecule has 2 aromatic rings. The Labute approximate surface area is 111 Å². The number of halogens is 2. The lowest BCUT2D eigenvalue weighted by Crippen LogP contribution is -2.17. The number of rotatable bonds is 6. The molecule has 0 fully saturated rings. The van der Waals surface area contributed by atoms with Gasteiger partial charge in [0.15, 0.2) is 0 Å². The van der Waals surface area contributed by atoms with Gasteiger partial charge in [0.25, 0.3) is 0 Å². The molecule has 1 heterocycles. The molecule has 1 N–H and O–H groups in total. The molecular formula is C14H17F2N3. The fourth-order valence-electron chi connectivity index (χ4n) is 1.86. The van der Waals surface area contributed by atoms with Gasteiger partial charge in [0.05, 0.1) is 18.6 Å². The highest BCUT2D eigenvalue weighted by Gasteiger charge is 2.07. The van der Waals surface area contributed by atoms with Gasteiger partial charge in [-0.15, -0.1) is 0 Å². The van der Waals surface area contributed by atoms with Crippen molar-refractivity contribution in [1.29, 1.82) is 0 Å². The molecule has 1 aromatic carbocycles. The Kier molecular flexibility index (Phi) is 4.63. The Morgan fingerprint density at radius 3 is 2.89 bits per heavy atom. The fourth-order valence-corrected chi connectivity index (χ4v) is 1.86. The van der Waals surface area contributed by atoms with Gasteiger partial charge in [0, 0.05) is 24.4 Å². The summed E-state index contributed by atoms with van der Waals surface area (Å²) in [6.07, 6.45) is 4.47. The number of nitrogens with zero attached hydrogens (tertiary/aromatic N) is 2. The molecule has 0 bridgehead atoms. The summed E-state index contributed by atoms with van der Waals surface area (Å²) in [5.74, 6) is -1.09. The Balaban J connectivity index is 2.08. The van der Waals surface area contributed by atoms with Crippen LogP contribution in [0, 0.1) is 11.6 Å². The average Bonchev–Trinajstić information content (AvgIpc) is 2.81. The molecule has 0 unspecified atom stereocenters. The van der Waals surface area contributed by atoms with Crippen molar-refractivity contribution in [2.75, 3.05) is 6.54 Å². The first-order valence-corrected chi connectivity index (χ1v) is 6.34. The van der Waals surface area contributed by atoms with Crippen LogP contribution >= 0.6 is 0 Å². The summed E-state index contributed by atoms with van der Waals surface area (Å²) in [4.78, 5) is 4.07. The number of hydrogen-bond acceptors (Lipinski definition) is 2. The van der Waals surface area contributed by atoms with Gasteiger partial charge in [-0.1, -0.05) is 13.0 Å². The van der Waals surface area contributed by atoms with Crippen LogP contribution in [-0.2, 0) is 13.1 Å². The Morgan fingerprint density at radius 2 is 2.16 bits per heavy atom. The monoisotopic (exact) mass is 265 g/mol. The third-order valence-electron chi connectivity index (χ3n) is 2.89. The van der Waals surface area contributed by atoms with Gasteiger partial charge < -0.3 is 9.88 Å². The van der Waals surface area contributed by atoms with E-state index >= 15 is 0 Å². The topological polar surface area (TPSA) is 29.9 Å². The molecule has 0 saturated carbocycles. The fraction of sp³-hybridized carbons (Fsp3) is 0.357. The SMILES string of the molecule is CCCNCc1cncn1Cc1ccc(F)cc1F. The van der Waals surface area contributed by atoms with Crippen LogP contribution in [0.1, 0.15) is 24.6 Å². The molecule has 2 rings (SSSR count). The van der Waals surface area contributed by atoms with Crippen molar-refractivity contribution < 1.29 is 8.78 Å². The van der Waals surface area contributed by atoms with Crippen LogP contribution in [0.3, 0.4) is 0 Å². The maximum absolute atomic E-state index is 13.6. The molecule has 0 aliphatic carbocycles. The van der Waals surface area contributed by atoms with E-state index in [9.17, 15) is 8.78 Å². The van der Waals surface area contributed by atoms with Gasteiger partial charge in [-0.25, -0.2) is 13.8 Å². The largest absolute Gasteiger partial charge is 0.329 e. The third kappa shape index (κ3) is 3.61. The van der Waals surface area contributed by atoms with Gasteiger partial charge >= 0.3 is 0 Å². The highest BCUT2D eigenvalue weighted by Crippen LogP contribution is 2.12. The highest BCUT2D eigenvalue weighted by atomic mass is 19.1. The molecule has 3 nitrogen and oxygen atoms in total. The van der Waals surface area contributed by atoms with Crippen molar-refractivity contribution in [3.05, 3.63) is 53.6 Å². The van der Waals surface area contributed by atoms with E-state index in [1.54, 1.807) is 12.5 Å². The van der Waals surface area contributed by atoms with Crippen molar-refractivity contribution in [2.45, 2.75) is 26.4 Å². The summed E-state index contributed by atoms with van der Waals surface area (Å²) >= 11 is 0. The zero-order valence-electron chi connectivity index (χ0n) is 10.9. The van der Waals surface area contributed by atoms with E-state index in [0.29, 0.717) is 18.7 Å². The maximum Gasteiger partial charge on any atom is 0.131 e. The smallest absolute Gasteiger partial charge is 0.131 e. The molecule has 1 aromatic heterocycles. The predicted molar refractivity (Wildman–Crippen MR) is 69.7 cm³/mol. The summed E-state index contributed by atoms with van der Waals surface area (Å²) < 4.78 is 28.3. The summed E-state index contributed by atoms with van der Waals surface area (Å²) in [5.41, 5.74) is 1.44. The Hall–Kier alpha value is -1.75. The van der Waals surface area contributed by atoms with E-state index < -0.39 is 11.6 Å². The van der Waals surface area contributed by atoms with Crippen LogP contribution in [0.4, 0.5) is 8.78 Å². The van der Waals surface area contributed by atoms with E-state index in [0.717, 1.165) is 24.7 Å². The van der Waals surface area contributed by atoms with Crippen LogP contribution in [0.5, 0.6) is 0 Å². The number of imidazole rings is 1. The van der Waals surface area contributed by atoms with Gasteiger partial charge in [-0.3, -0.25) is 0 Å². The molecule has 0 radical (unpaired) electrons. The standard InChI is InChI=1S/C14H17F2N3/c1-2-5-17-7-13-8-18-10-19(13)9-11-3-4-12(15)6-14(11)16/h3-4,6,8,10,17H,2,5,7,9H2,1H3. The van der Waals surface area contributed by atoms with E-state index in [1.807, 2.05) is 4.57 Å². The molecule has 0 aliphatic heterocycles. The zero-order valence-corrected chi connectivity index (χ0v) is 10.9. The lowest BCUT2D eigenvalue weighted by molar-refractivity contribution is 0.561. The van der Waals surface area contributed by atoms with E-state index in [1.165, 1.54) is 12.1 Å². The number of aromatic nitrogens is 2. The van der Waals surface area contributed by atoms with Gasteiger partial charge in [-0.05, 0) is 19.0 Å². The van der Waals surface area contributed by atoms with Gasteiger partial charge in [-0.2, -0.15) is 0 Å². The van der Waals surface area contributed by atoms with Crippen molar-refractivity contribution in [3.8, 4) is 0 Å². The van der Waals surface area contributed by atoms with Crippen molar-refractivity contribution >= 4 is 0 Å². The number of nitrogens with one attached hydrogen (secondary N) is 1. The average molecular weight is 265 g/mol. The maximum atomic E-state index is 13.6. The van der Waals surface area contributed by atoms with Crippen molar-refractivity contribution in [3.63, 3.8) is 0 Å². The summed E-state index contributed by atoms with van der Waals surface area (Å²) in [6, 6.07) is 3.64. The van der Waals surface area contributed by atoms with Crippen LogP contribution < -0.4 is 5.32 Å². The van der Waals surface area contributed by atoms with Crippen LogP contribution in [0.25, 0.3) is 0 Å². The minimum atomic E-state index is -0.559.